The zero-order valence-corrected chi connectivity index (χ0v) is 21.6. The molecule has 1 aliphatic heterocycles. The summed E-state index contributed by atoms with van der Waals surface area (Å²) in [5.41, 5.74) is -1.52. The second kappa shape index (κ2) is 10.6. The summed E-state index contributed by atoms with van der Waals surface area (Å²) >= 11 is 0. The number of anilines is 2. The van der Waals surface area contributed by atoms with E-state index in [1.807, 2.05) is 0 Å². The number of hydrogen-bond acceptors (Lipinski definition) is 11. The molecule has 15 heteroatoms. The van der Waals surface area contributed by atoms with Crippen molar-refractivity contribution < 1.29 is 32.9 Å². The van der Waals surface area contributed by atoms with Crippen molar-refractivity contribution in [3.63, 3.8) is 0 Å². The average molecular weight is 516 g/mol. The van der Waals surface area contributed by atoms with E-state index in [1.165, 1.54) is 24.7 Å². The second-order valence-electron chi connectivity index (χ2n) is 8.85. The highest BCUT2D eigenvalue weighted by molar-refractivity contribution is 7.36. The molecule has 3 N–H and O–H groups in total. The summed E-state index contributed by atoms with van der Waals surface area (Å²) in [5.74, 6) is 0.230. The number of nitrogens with zero attached hydrogens (tertiary/aromatic N) is 5. The predicted molar refractivity (Wildman–Crippen MR) is 126 cm³/mol. The molecule has 1 aliphatic rings. The van der Waals surface area contributed by atoms with E-state index in [4.69, 9.17) is 14.0 Å². The number of carbonyl (C=O) groups is 1. The highest BCUT2D eigenvalue weighted by atomic mass is 31.1. The number of aliphatic hydroxyl groups is 1. The van der Waals surface area contributed by atoms with E-state index in [2.05, 4.69) is 25.4 Å². The van der Waals surface area contributed by atoms with Crippen LogP contribution in [0.2, 0.25) is 0 Å². The summed E-state index contributed by atoms with van der Waals surface area (Å²) in [6.07, 6.45) is -3.00. The molecule has 2 aromatic heterocycles. The molecule has 0 aromatic carbocycles. The Labute approximate surface area is 203 Å². The van der Waals surface area contributed by atoms with Gasteiger partial charge in [-0.1, -0.05) is 5.09 Å². The fraction of sp³-hybridized carbons (Fsp3) is 0.700. The van der Waals surface area contributed by atoms with E-state index in [-0.39, 0.29) is 6.10 Å². The Morgan fingerprint density at radius 1 is 1.40 bits per heavy atom. The first kappa shape index (κ1) is 27.1. The van der Waals surface area contributed by atoms with Crippen LogP contribution in [0.25, 0.3) is 11.2 Å². The van der Waals surface area contributed by atoms with Crippen LogP contribution < -0.4 is 15.3 Å². The number of imidazole rings is 1. The normalized spacial score (nSPS) is 25.7. The second-order valence-corrected chi connectivity index (χ2v) is 9.88. The summed E-state index contributed by atoms with van der Waals surface area (Å²) in [5, 5.41) is 16.0. The predicted octanol–water partition coefficient (Wildman–Crippen LogP) is 1.52. The van der Waals surface area contributed by atoms with Crippen molar-refractivity contribution in [3.8, 4) is 0 Å². The number of esters is 1. The summed E-state index contributed by atoms with van der Waals surface area (Å²) in [6.45, 7) is 5.67. The average Bonchev–Trinajstić information content (AvgIpc) is 3.29. The van der Waals surface area contributed by atoms with Crippen molar-refractivity contribution in [1.29, 1.82) is 0 Å². The quantitative estimate of drug-likeness (QED) is 0.310. The first-order valence-corrected chi connectivity index (χ1v) is 12.2. The molecule has 1 saturated heterocycles. The fourth-order valence-corrected chi connectivity index (χ4v) is 4.35. The van der Waals surface area contributed by atoms with Crippen LogP contribution in [-0.4, -0.2) is 88.4 Å². The molecule has 3 rings (SSSR count). The van der Waals surface area contributed by atoms with Gasteiger partial charge in [0.05, 0.1) is 12.4 Å². The molecule has 0 spiro atoms. The van der Waals surface area contributed by atoms with Gasteiger partial charge in [-0.05, 0) is 32.3 Å². The van der Waals surface area contributed by atoms with Gasteiger partial charge in [-0.3, -0.25) is 9.36 Å². The maximum absolute atomic E-state index is 15.7. The summed E-state index contributed by atoms with van der Waals surface area (Å²) in [4.78, 5) is 26.7. The number of ether oxygens (including phenoxy) is 2. The number of fused-ring (bicyclic) bond motifs is 1. The first-order valence-electron chi connectivity index (χ1n) is 11.1. The minimum absolute atomic E-state index is 0.301. The van der Waals surface area contributed by atoms with Crippen molar-refractivity contribution in [2.24, 2.45) is 0 Å². The largest absolute Gasteiger partial charge is 0.613 e. The number of alkyl halides is 1. The molecule has 1 fully saturated rings. The molecule has 194 valence electrons. The van der Waals surface area contributed by atoms with Gasteiger partial charge >= 0.3 is 14.1 Å². The lowest BCUT2D eigenvalue weighted by Crippen LogP contribution is -2.40. The number of halogens is 1. The van der Waals surface area contributed by atoms with Crippen molar-refractivity contribution in [2.75, 3.05) is 38.0 Å². The Hall–Kier alpha value is -2.51. The highest BCUT2D eigenvalue weighted by Gasteiger charge is 2.56. The monoisotopic (exact) mass is 516 g/mol. The zero-order chi connectivity index (χ0) is 26.1. The van der Waals surface area contributed by atoms with Gasteiger partial charge in [0.15, 0.2) is 28.9 Å². The highest BCUT2D eigenvalue weighted by Crippen LogP contribution is 2.43. The van der Waals surface area contributed by atoms with E-state index < -0.39 is 50.9 Å². The van der Waals surface area contributed by atoms with Crippen molar-refractivity contribution in [1.82, 2.24) is 24.6 Å². The topological polar surface area (TPSA) is 153 Å². The van der Waals surface area contributed by atoms with Crippen molar-refractivity contribution >= 4 is 37.1 Å². The SMILES string of the molecule is CNc1nc(N(C)C)c2ncn([C@@H]3O[C@H](CO[P+](=O)N[C@@H](C)C(=O)OC(C)C)[C@@H](O)[C@@]3(C)F)c2n1. The van der Waals surface area contributed by atoms with Crippen LogP contribution in [0.15, 0.2) is 6.33 Å². The van der Waals surface area contributed by atoms with Crippen molar-refractivity contribution in [2.45, 2.75) is 63.9 Å². The lowest BCUT2D eigenvalue weighted by Gasteiger charge is -2.24. The summed E-state index contributed by atoms with van der Waals surface area (Å²) in [7, 11) is 2.72. The Bertz CT molecular complexity index is 1080. The van der Waals surface area contributed by atoms with E-state index in [9.17, 15) is 14.5 Å². The number of nitrogens with one attached hydrogen (secondary N) is 2. The lowest BCUT2D eigenvalue weighted by molar-refractivity contribution is -0.149. The molecule has 6 atom stereocenters. The third-order valence-electron chi connectivity index (χ3n) is 5.38. The first-order chi connectivity index (χ1) is 16.4. The molecule has 1 unspecified atom stereocenters. The van der Waals surface area contributed by atoms with Crippen LogP contribution in [-0.2, 0) is 23.4 Å². The minimum Gasteiger partial charge on any atom is -0.462 e. The molecule has 35 heavy (non-hydrogen) atoms. The molecule has 0 bridgehead atoms. The zero-order valence-electron chi connectivity index (χ0n) is 20.7. The summed E-state index contributed by atoms with van der Waals surface area (Å²) < 4.78 is 45.4. The molecule has 3 heterocycles. The number of rotatable bonds is 10. The summed E-state index contributed by atoms with van der Waals surface area (Å²) in [6, 6.07) is -0.890. The number of hydrogen-bond donors (Lipinski definition) is 3. The fourth-order valence-electron chi connectivity index (χ4n) is 3.57. The van der Waals surface area contributed by atoms with Gasteiger partial charge in [-0.25, -0.2) is 9.37 Å². The van der Waals surface area contributed by atoms with Gasteiger partial charge in [-0.15, -0.1) is 4.52 Å². The Kier molecular flexibility index (Phi) is 8.22. The smallest absolute Gasteiger partial charge is 0.462 e. The number of aliphatic hydroxyl groups excluding tert-OH is 1. The van der Waals surface area contributed by atoms with Crippen LogP contribution in [0, 0.1) is 0 Å². The van der Waals surface area contributed by atoms with Gasteiger partial charge in [0.2, 0.25) is 5.95 Å². The molecule has 0 radical (unpaired) electrons. The van der Waals surface area contributed by atoms with Gasteiger partial charge in [0.25, 0.3) is 0 Å². The van der Waals surface area contributed by atoms with Crippen LogP contribution in [0.4, 0.5) is 16.2 Å². The molecule has 2 aromatic rings. The van der Waals surface area contributed by atoms with Gasteiger partial charge in [0.1, 0.15) is 24.9 Å². The van der Waals surface area contributed by atoms with Crippen LogP contribution in [0.5, 0.6) is 0 Å². The maximum Gasteiger partial charge on any atom is 0.613 e. The lowest BCUT2D eigenvalue weighted by atomic mass is 9.98. The van der Waals surface area contributed by atoms with E-state index in [1.54, 1.807) is 39.9 Å². The molecule has 0 aliphatic carbocycles. The Morgan fingerprint density at radius 3 is 2.69 bits per heavy atom. The molecule has 0 saturated carbocycles. The third kappa shape index (κ3) is 5.67. The van der Waals surface area contributed by atoms with Crippen LogP contribution in [0.3, 0.4) is 0 Å². The van der Waals surface area contributed by atoms with Gasteiger partial charge < -0.3 is 24.8 Å². The van der Waals surface area contributed by atoms with Crippen LogP contribution in [0.1, 0.15) is 33.9 Å². The number of carbonyl (C=O) groups excluding carboxylic acids is 1. The van der Waals surface area contributed by atoms with Crippen molar-refractivity contribution in [3.05, 3.63) is 6.33 Å². The van der Waals surface area contributed by atoms with E-state index in [0.29, 0.717) is 22.9 Å². The van der Waals surface area contributed by atoms with E-state index >= 15 is 4.39 Å². The standard InChI is InChI=1S/C20H32FN7O6P/c1-10(2)33-17(30)11(3)26-35(31)32-8-12-14(29)20(4,21)18(34-12)28-9-23-13-15(27(6)7)24-19(22-5)25-16(13)28/h9-12,14,18,29H,8H2,1-7H3,(H,26,31)(H,22,24,25)/q+1/t11-,12+,14+,18+,20+/m0/s1. The molecule has 13 nitrogen and oxygen atoms in total. The Balaban J connectivity index is 1.75. The number of aromatic nitrogens is 4. The maximum atomic E-state index is 15.7. The van der Waals surface area contributed by atoms with Crippen LogP contribution >= 0.6 is 8.18 Å². The molecular weight excluding hydrogens is 484 g/mol. The Morgan fingerprint density at radius 2 is 2.09 bits per heavy atom. The van der Waals surface area contributed by atoms with Gasteiger partial charge in [-0.2, -0.15) is 9.97 Å². The minimum atomic E-state index is -2.52. The molecule has 0 amide bonds. The molecular formula is C20H32FN7O6P+. The van der Waals surface area contributed by atoms with Gasteiger partial charge in [0, 0.05) is 21.1 Å². The third-order valence-corrected chi connectivity index (χ3v) is 6.36. The van der Waals surface area contributed by atoms with E-state index in [0.717, 1.165) is 0 Å².